The Hall–Kier alpha value is -2.59. The summed E-state index contributed by atoms with van der Waals surface area (Å²) in [5.41, 5.74) is 7.09. The Morgan fingerprint density at radius 3 is 3.04 bits per heavy atom. The van der Waals surface area contributed by atoms with E-state index in [0.717, 1.165) is 0 Å². The number of hydrogen-bond donors (Lipinski definition) is 3. The maximum Gasteiger partial charge on any atom is 0.547 e. The fraction of sp³-hybridized carbons (Fsp3) is 0.312. The molecule has 8 nitrogen and oxygen atoms in total. The third-order valence-corrected chi connectivity index (χ3v) is 4.59. The molecule has 1 aromatic carbocycles. The third kappa shape index (κ3) is 3.97. The van der Waals surface area contributed by atoms with Crippen molar-refractivity contribution in [3.8, 4) is 5.75 Å². The Morgan fingerprint density at radius 1 is 1.54 bits per heavy atom. The summed E-state index contributed by atoms with van der Waals surface area (Å²) in [5, 5.41) is 15.1. The Kier molecular flexibility index (Phi) is 5.43. The summed E-state index contributed by atoms with van der Waals surface area (Å²) in [6.07, 6.45) is 0.390. The fourth-order valence-electron chi connectivity index (χ4n) is 2.74. The molecule has 2 heterocycles. The second kappa shape index (κ2) is 7.75. The molecular formula is C16H18BN3O5S. The number of carbonyl (C=O) groups is 2. The van der Waals surface area contributed by atoms with E-state index in [-0.39, 0.29) is 30.2 Å². The highest BCUT2D eigenvalue weighted by atomic mass is 32.1. The monoisotopic (exact) mass is 375 g/mol. The molecule has 3 rings (SSSR count). The molecule has 1 aliphatic rings. The van der Waals surface area contributed by atoms with Gasteiger partial charge in [-0.1, -0.05) is 12.1 Å². The van der Waals surface area contributed by atoms with E-state index in [0.29, 0.717) is 22.8 Å². The number of amides is 1. The summed E-state index contributed by atoms with van der Waals surface area (Å²) >= 11 is 1.26. The molecule has 4 N–H and O–H groups in total. The number of nitrogens with zero attached hydrogens (tertiary/aromatic N) is 1. The zero-order chi connectivity index (χ0) is 18.7. The molecule has 2 aromatic rings. The lowest BCUT2D eigenvalue weighted by molar-refractivity contribution is -0.120. The lowest BCUT2D eigenvalue weighted by Crippen LogP contribution is -2.53. The molecular weight excluding hydrogens is 357 g/mol. The zero-order valence-electron chi connectivity index (χ0n) is 14.1. The van der Waals surface area contributed by atoms with E-state index in [4.69, 9.17) is 15.1 Å². The van der Waals surface area contributed by atoms with E-state index >= 15 is 0 Å². The minimum absolute atomic E-state index is 0.0621. The molecule has 0 fully saturated rings. The number of hydrogen-bond acceptors (Lipinski definition) is 8. The van der Waals surface area contributed by atoms with Crippen molar-refractivity contribution >= 4 is 35.5 Å². The van der Waals surface area contributed by atoms with Crippen LogP contribution in [0.15, 0.2) is 23.6 Å². The number of nitrogen functional groups attached to an aromatic ring is 1. The molecule has 1 amide bonds. The molecule has 1 aromatic heterocycles. The van der Waals surface area contributed by atoms with Gasteiger partial charge in [0.15, 0.2) is 5.13 Å². The molecule has 10 heteroatoms. The van der Waals surface area contributed by atoms with E-state index in [2.05, 4.69) is 10.3 Å². The maximum atomic E-state index is 12.2. The number of thiazole rings is 1. The van der Waals surface area contributed by atoms with Gasteiger partial charge in [-0.3, -0.25) is 4.79 Å². The van der Waals surface area contributed by atoms with Crippen molar-refractivity contribution in [1.29, 1.82) is 0 Å². The van der Waals surface area contributed by atoms with Gasteiger partial charge in [-0.2, -0.15) is 0 Å². The lowest BCUT2D eigenvalue weighted by Gasteiger charge is -2.29. The number of benzene rings is 1. The number of nitrogens with two attached hydrogens (primary N) is 1. The first-order chi connectivity index (χ1) is 12.5. The molecule has 0 saturated heterocycles. The van der Waals surface area contributed by atoms with Crippen LogP contribution in [-0.2, 0) is 22.4 Å². The summed E-state index contributed by atoms with van der Waals surface area (Å²) in [7, 11) is -1.28. The molecule has 0 bridgehead atoms. The Labute approximate surface area is 154 Å². The standard InChI is InChI=1S/C16H18BN3O5S/c1-2-24-15(22)11-5-3-4-9-6-12(17(23)25-14(9)11)20-13(21)7-10-8-26-16(18)19-10/h3-5,8,12,23H,2,6-7H2,1H3,(H2,18,19)(H,20,21)/t12-/m0/s1. The molecule has 0 spiro atoms. The summed E-state index contributed by atoms with van der Waals surface area (Å²) in [4.78, 5) is 28.2. The summed E-state index contributed by atoms with van der Waals surface area (Å²) in [6, 6.07) is 5.07. The van der Waals surface area contributed by atoms with Crippen LogP contribution in [0.2, 0.25) is 0 Å². The van der Waals surface area contributed by atoms with E-state index < -0.39 is 19.0 Å². The average Bonchev–Trinajstić information content (AvgIpc) is 3.00. The van der Waals surface area contributed by atoms with Crippen LogP contribution < -0.4 is 15.7 Å². The summed E-state index contributed by atoms with van der Waals surface area (Å²) < 4.78 is 10.5. The van der Waals surface area contributed by atoms with Crippen molar-refractivity contribution in [1.82, 2.24) is 10.3 Å². The largest absolute Gasteiger partial charge is 0.547 e. The number of anilines is 1. The molecule has 1 atom stereocenters. The Bertz CT molecular complexity index is 828. The van der Waals surface area contributed by atoms with Crippen molar-refractivity contribution in [3.63, 3.8) is 0 Å². The first-order valence-corrected chi connectivity index (χ1v) is 8.99. The number of rotatable bonds is 5. The van der Waals surface area contributed by atoms with Gasteiger partial charge in [0.05, 0.1) is 24.7 Å². The van der Waals surface area contributed by atoms with Crippen molar-refractivity contribution in [2.75, 3.05) is 12.3 Å². The Morgan fingerprint density at radius 2 is 2.35 bits per heavy atom. The first kappa shape index (κ1) is 18.2. The normalized spacial score (nSPS) is 15.8. The molecule has 1 aliphatic heterocycles. The number of ether oxygens (including phenoxy) is 1. The van der Waals surface area contributed by atoms with Gasteiger partial charge in [-0.15, -0.1) is 11.3 Å². The SMILES string of the molecule is CCOC(=O)c1cccc2c1OB(O)[C@@H](NC(=O)Cc1csc(N)n1)C2. The van der Waals surface area contributed by atoms with Gasteiger partial charge in [-0.25, -0.2) is 9.78 Å². The highest BCUT2D eigenvalue weighted by Crippen LogP contribution is 2.30. The van der Waals surface area contributed by atoms with Crippen LogP contribution >= 0.6 is 11.3 Å². The molecule has 136 valence electrons. The molecule has 0 unspecified atom stereocenters. The van der Waals surface area contributed by atoms with Gasteiger partial charge in [-0.05, 0) is 25.0 Å². The average molecular weight is 375 g/mol. The molecule has 0 saturated carbocycles. The number of esters is 1. The predicted molar refractivity (Wildman–Crippen MR) is 96.9 cm³/mol. The van der Waals surface area contributed by atoms with Gasteiger partial charge in [0.25, 0.3) is 0 Å². The van der Waals surface area contributed by atoms with Crippen LogP contribution in [0.3, 0.4) is 0 Å². The Balaban J connectivity index is 1.70. The second-order valence-electron chi connectivity index (χ2n) is 5.75. The summed E-state index contributed by atoms with van der Waals surface area (Å²) in [5.74, 6) is -1.16. The van der Waals surface area contributed by atoms with Crippen LogP contribution in [0.5, 0.6) is 5.75 Å². The molecule has 0 radical (unpaired) electrons. The topological polar surface area (TPSA) is 124 Å². The highest BCUT2D eigenvalue weighted by molar-refractivity contribution is 7.13. The van der Waals surface area contributed by atoms with Gasteiger partial charge in [0, 0.05) is 5.38 Å². The van der Waals surface area contributed by atoms with Gasteiger partial charge in [0.1, 0.15) is 11.3 Å². The lowest BCUT2D eigenvalue weighted by atomic mass is 9.72. The third-order valence-electron chi connectivity index (χ3n) is 3.87. The van der Waals surface area contributed by atoms with E-state index in [1.807, 2.05) is 0 Å². The number of para-hydroxylation sites is 1. The van der Waals surface area contributed by atoms with Gasteiger partial charge < -0.3 is 25.5 Å². The second-order valence-corrected chi connectivity index (χ2v) is 6.64. The predicted octanol–water partition coefficient (Wildman–Crippen LogP) is 0.584. The van der Waals surface area contributed by atoms with E-state index in [1.54, 1.807) is 30.5 Å². The van der Waals surface area contributed by atoms with Crippen LogP contribution in [0.1, 0.15) is 28.5 Å². The number of aromatic nitrogens is 1. The van der Waals surface area contributed by atoms with Crippen LogP contribution in [0, 0.1) is 0 Å². The van der Waals surface area contributed by atoms with E-state index in [9.17, 15) is 14.6 Å². The van der Waals surface area contributed by atoms with Crippen LogP contribution in [0.4, 0.5) is 5.13 Å². The number of carbonyl (C=O) groups excluding carboxylic acids is 2. The zero-order valence-corrected chi connectivity index (χ0v) is 14.9. The van der Waals surface area contributed by atoms with Crippen molar-refractivity contribution in [2.24, 2.45) is 0 Å². The minimum atomic E-state index is -1.28. The number of nitrogens with one attached hydrogen (secondary N) is 1. The summed E-state index contributed by atoms with van der Waals surface area (Å²) in [6.45, 7) is 1.95. The van der Waals surface area contributed by atoms with Crippen molar-refractivity contribution in [3.05, 3.63) is 40.4 Å². The fourth-order valence-corrected chi connectivity index (χ4v) is 3.31. The van der Waals surface area contributed by atoms with Crippen molar-refractivity contribution < 1.29 is 24.0 Å². The van der Waals surface area contributed by atoms with E-state index in [1.165, 1.54) is 11.3 Å². The smallest absolute Gasteiger partial charge is 0.534 e. The molecule has 26 heavy (non-hydrogen) atoms. The first-order valence-electron chi connectivity index (χ1n) is 8.11. The minimum Gasteiger partial charge on any atom is -0.534 e. The van der Waals surface area contributed by atoms with Gasteiger partial charge >= 0.3 is 13.1 Å². The number of fused-ring (bicyclic) bond motifs is 1. The van der Waals surface area contributed by atoms with Crippen LogP contribution in [-0.4, -0.2) is 41.6 Å². The van der Waals surface area contributed by atoms with Crippen molar-refractivity contribution in [2.45, 2.75) is 25.7 Å². The highest BCUT2D eigenvalue weighted by Gasteiger charge is 2.37. The maximum absolute atomic E-state index is 12.2. The molecule has 0 aliphatic carbocycles. The van der Waals surface area contributed by atoms with Crippen LogP contribution in [0.25, 0.3) is 0 Å². The van der Waals surface area contributed by atoms with Gasteiger partial charge in [0.2, 0.25) is 5.91 Å². The quantitative estimate of drug-likeness (QED) is 0.516.